The highest BCUT2D eigenvalue weighted by Gasteiger charge is 2.11. The molecule has 3 nitrogen and oxygen atoms in total. The van der Waals surface area contributed by atoms with Crippen molar-refractivity contribution in [2.24, 2.45) is 0 Å². The highest BCUT2D eigenvalue weighted by molar-refractivity contribution is 9.10. The molecular weight excluding hydrogens is 332 g/mol. The summed E-state index contributed by atoms with van der Waals surface area (Å²) in [7, 11) is 0. The van der Waals surface area contributed by atoms with Crippen LogP contribution < -0.4 is 5.32 Å². The number of rotatable bonds is 4. The van der Waals surface area contributed by atoms with Crippen LogP contribution in [0.2, 0.25) is 0 Å². The molecule has 0 amide bonds. The van der Waals surface area contributed by atoms with Crippen molar-refractivity contribution in [1.82, 2.24) is 0 Å². The Morgan fingerprint density at radius 2 is 1.95 bits per heavy atom. The maximum Gasteiger partial charge on any atom is 0.337 e. The van der Waals surface area contributed by atoms with E-state index in [2.05, 4.69) is 21.2 Å². The second-order valence-electron chi connectivity index (χ2n) is 4.08. The van der Waals surface area contributed by atoms with Gasteiger partial charge in [-0.25, -0.2) is 13.6 Å². The molecule has 0 saturated heterocycles. The van der Waals surface area contributed by atoms with Gasteiger partial charge in [0.15, 0.2) is 0 Å². The lowest BCUT2D eigenvalue weighted by Crippen LogP contribution is -2.07. The van der Waals surface area contributed by atoms with E-state index in [-0.39, 0.29) is 17.7 Å². The quantitative estimate of drug-likeness (QED) is 0.882. The monoisotopic (exact) mass is 341 g/mol. The van der Waals surface area contributed by atoms with Gasteiger partial charge in [-0.15, -0.1) is 0 Å². The maximum atomic E-state index is 13.5. The summed E-state index contributed by atoms with van der Waals surface area (Å²) in [6.45, 7) is -0.0136. The van der Waals surface area contributed by atoms with Crippen LogP contribution in [0.5, 0.6) is 0 Å². The van der Waals surface area contributed by atoms with Crippen molar-refractivity contribution in [3.05, 3.63) is 63.6 Å². The van der Waals surface area contributed by atoms with E-state index >= 15 is 0 Å². The lowest BCUT2D eigenvalue weighted by atomic mass is 10.1. The van der Waals surface area contributed by atoms with Gasteiger partial charge in [-0.05, 0) is 36.4 Å². The lowest BCUT2D eigenvalue weighted by molar-refractivity contribution is 0.0698. The average molecular weight is 342 g/mol. The molecule has 0 heterocycles. The van der Waals surface area contributed by atoms with Crippen molar-refractivity contribution in [3.8, 4) is 0 Å². The number of carboxylic acid groups (broad SMARTS) is 1. The van der Waals surface area contributed by atoms with Gasteiger partial charge in [0.25, 0.3) is 0 Å². The SMILES string of the molecule is O=C(O)c1ccc(Br)cc1NCc1cc(F)ccc1F. The first-order valence-corrected chi connectivity index (χ1v) is 6.47. The Hall–Kier alpha value is -1.95. The molecule has 2 aromatic carbocycles. The van der Waals surface area contributed by atoms with Gasteiger partial charge < -0.3 is 10.4 Å². The number of nitrogens with one attached hydrogen (secondary N) is 1. The molecule has 2 rings (SSSR count). The number of carbonyl (C=O) groups is 1. The molecule has 2 aromatic rings. The third-order valence-electron chi connectivity index (χ3n) is 2.69. The summed E-state index contributed by atoms with van der Waals surface area (Å²) in [4.78, 5) is 11.1. The third kappa shape index (κ3) is 3.33. The van der Waals surface area contributed by atoms with Crippen LogP contribution in [0.3, 0.4) is 0 Å². The zero-order chi connectivity index (χ0) is 14.7. The number of hydrogen-bond acceptors (Lipinski definition) is 2. The van der Waals surface area contributed by atoms with Gasteiger partial charge in [-0.1, -0.05) is 15.9 Å². The number of halogens is 3. The van der Waals surface area contributed by atoms with Crippen molar-refractivity contribution in [2.75, 3.05) is 5.32 Å². The minimum Gasteiger partial charge on any atom is -0.478 e. The Balaban J connectivity index is 2.24. The lowest BCUT2D eigenvalue weighted by Gasteiger charge is -2.11. The first-order chi connectivity index (χ1) is 9.47. The molecule has 20 heavy (non-hydrogen) atoms. The van der Waals surface area contributed by atoms with Crippen molar-refractivity contribution in [3.63, 3.8) is 0 Å². The second-order valence-corrected chi connectivity index (χ2v) is 5.00. The minimum atomic E-state index is -1.10. The zero-order valence-electron chi connectivity index (χ0n) is 10.2. The van der Waals surface area contributed by atoms with Crippen LogP contribution >= 0.6 is 15.9 Å². The predicted molar refractivity (Wildman–Crippen MR) is 74.8 cm³/mol. The molecule has 0 aliphatic carbocycles. The Kier molecular flexibility index (Phi) is 4.34. The molecule has 0 bridgehead atoms. The normalized spacial score (nSPS) is 10.3. The topological polar surface area (TPSA) is 49.3 Å². The fourth-order valence-corrected chi connectivity index (χ4v) is 2.08. The van der Waals surface area contributed by atoms with E-state index in [0.717, 1.165) is 18.2 Å². The first kappa shape index (κ1) is 14.5. The van der Waals surface area contributed by atoms with Crippen LogP contribution in [0, 0.1) is 11.6 Å². The van der Waals surface area contributed by atoms with Crippen LogP contribution in [0.1, 0.15) is 15.9 Å². The summed E-state index contributed by atoms with van der Waals surface area (Å²) >= 11 is 3.23. The van der Waals surface area contributed by atoms with Gasteiger partial charge in [-0.2, -0.15) is 0 Å². The zero-order valence-corrected chi connectivity index (χ0v) is 11.7. The van der Waals surface area contributed by atoms with Crippen LogP contribution in [0.15, 0.2) is 40.9 Å². The smallest absolute Gasteiger partial charge is 0.337 e. The summed E-state index contributed by atoms with van der Waals surface area (Å²) in [6, 6.07) is 7.72. The number of aromatic carboxylic acids is 1. The van der Waals surface area contributed by atoms with Gasteiger partial charge in [-0.3, -0.25) is 0 Å². The Morgan fingerprint density at radius 3 is 2.65 bits per heavy atom. The van der Waals surface area contributed by atoms with Crippen molar-refractivity contribution < 1.29 is 18.7 Å². The summed E-state index contributed by atoms with van der Waals surface area (Å²) in [5, 5.41) is 11.9. The van der Waals surface area contributed by atoms with Gasteiger partial charge in [0.2, 0.25) is 0 Å². The van der Waals surface area contributed by atoms with E-state index < -0.39 is 17.6 Å². The number of hydrogen-bond donors (Lipinski definition) is 2. The molecule has 0 unspecified atom stereocenters. The number of anilines is 1. The van der Waals surface area contributed by atoms with Crippen molar-refractivity contribution >= 4 is 27.6 Å². The molecule has 0 spiro atoms. The third-order valence-corrected chi connectivity index (χ3v) is 3.18. The molecule has 6 heteroatoms. The van der Waals surface area contributed by atoms with E-state index in [1.807, 2.05) is 0 Å². The molecule has 2 N–H and O–H groups in total. The molecule has 0 saturated carbocycles. The van der Waals surface area contributed by atoms with Crippen molar-refractivity contribution in [1.29, 1.82) is 0 Å². The van der Waals surface area contributed by atoms with Crippen LogP contribution in [-0.4, -0.2) is 11.1 Å². The minimum absolute atomic E-state index is 0.0136. The Bertz CT molecular complexity index is 662. The average Bonchev–Trinajstić information content (AvgIpc) is 2.39. The fourth-order valence-electron chi connectivity index (χ4n) is 1.72. The first-order valence-electron chi connectivity index (χ1n) is 5.68. The highest BCUT2D eigenvalue weighted by Crippen LogP contribution is 2.22. The van der Waals surface area contributed by atoms with Crippen LogP contribution in [-0.2, 0) is 6.54 Å². The van der Waals surface area contributed by atoms with Crippen LogP contribution in [0.4, 0.5) is 14.5 Å². The second kappa shape index (κ2) is 6.00. The van der Waals surface area contributed by atoms with Gasteiger partial charge in [0, 0.05) is 16.6 Å². The summed E-state index contributed by atoms with van der Waals surface area (Å²) in [6.07, 6.45) is 0. The van der Waals surface area contributed by atoms with Crippen molar-refractivity contribution in [2.45, 2.75) is 6.54 Å². The van der Waals surface area contributed by atoms with Gasteiger partial charge in [0.05, 0.1) is 11.3 Å². The molecule has 104 valence electrons. The van der Waals surface area contributed by atoms with E-state index in [4.69, 9.17) is 5.11 Å². The highest BCUT2D eigenvalue weighted by atomic mass is 79.9. The molecule has 0 atom stereocenters. The van der Waals surface area contributed by atoms with Gasteiger partial charge >= 0.3 is 5.97 Å². The van der Waals surface area contributed by atoms with E-state index in [9.17, 15) is 13.6 Å². The predicted octanol–water partition coefficient (Wildman–Crippen LogP) is 4.04. The summed E-state index contributed by atoms with van der Waals surface area (Å²) in [5.74, 6) is -2.19. The maximum absolute atomic E-state index is 13.5. The van der Waals surface area contributed by atoms with E-state index in [1.165, 1.54) is 6.07 Å². The number of carboxylic acids is 1. The Labute approximate surface area is 122 Å². The Morgan fingerprint density at radius 1 is 1.20 bits per heavy atom. The largest absolute Gasteiger partial charge is 0.478 e. The summed E-state index contributed by atoms with van der Waals surface area (Å²) < 4.78 is 27.2. The summed E-state index contributed by atoms with van der Waals surface area (Å²) in [5.41, 5.74) is 0.516. The van der Waals surface area contributed by atoms with E-state index in [1.54, 1.807) is 12.1 Å². The molecule has 0 aromatic heterocycles. The standard InChI is InChI=1S/C14H10BrF2NO2/c15-9-1-3-11(14(19)20)13(6-9)18-7-8-5-10(16)2-4-12(8)17/h1-6,18H,7H2,(H,19,20). The van der Waals surface area contributed by atoms with Crippen LogP contribution in [0.25, 0.3) is 0 Å². The molecular formula is C14H10BrF2NO2. The molecule has 0 aliphatic heterocycles. The molecule has 0 aliphatic rings. The van der Waals surface area contributed by atoms with Gasteiger partial charge in [0.1, 0.15) is 11.6 Å². The molecule has 0 radical (unpaired) electrons. The molecule has 0 fully saturated rings. The fraction of sp³-hybridized carbons (Fsp3) is 0.0714. The number of benzene rings is 2. The van der Waals surface area contributed by atoms with E-state index in [0.29, 0.717) is 10.2 Å².